The van der Waals surface area contributed by atoms with Gasteiger partial charge in [-0.3, -0.25) is 0 Å². The summed E-state index contributed by atoms with van der Waals surface area (Å²) in [7, 11) is 0. The predicted molar refractivity (Wildman–Crippen MR) is 69.5 cm³/mol. The Morgan fingerprint density at radius 1 is 1.06 bits per heavy atom. The monoisotopic (exact) mass is 226 g/mol. The highest BCUT2D eigenvalue weighted by Crippen LogP contribution is 2.33. The highest BCUT2D eigenvalue weighted by atomic mass is 15.3. The van der Waals surface area contributed by atoms with E-state index < -0.39 is 0 Å². The van der Waals surface area contributed by atoms with E-state index in [1.807, 2.05) is 4.68 Å². The number of benzene rings is 1. The van der Waals surface area contributed by atoms with Crippen LogP contribution in [0.1, 0.15) is 42.9 Å². The first-order chi connectivity index (χ1) is 8.33. The van der Waals surface area contributed by atoms with E-state index in [0.717, 1.165) is 5.69 Å². The van der Waals surface area contributed by atoms with E-state index in [2.05, 4.69) is 43.5 Å². The molecule has 1 saturated carbocycles. The summed E-state index contributed by atoms with van der Waals surface area (Å²) in [5.41, 5.74) is 3.71. The van der Waals surface area contributed by atoms with E-state index >= 15 is 0 Å². The standard InChI is InChI=1S/C15H18N2/c1-12-6-8-14(9-7-12)17-11-10-15(16-17)13-4-2-3-5-13/h6-11,13H,2-5H2,1H3. The first kappa shape index (κ1) is 10.6. The van der Waals surface area contributed by atoms with Crippen molar-refractivity contribution in [3.05, 3.63) is 47.8 Å². The molecule has 0 saturated heterocycles. The van der Waals surface area contributed by atoms with Gasteiger partial charge in [0.2, 0.25) is 0 Å². The number of hydrogen-bond donors (Lipinski definition) is 0. The molecule has 1 aromatic carbocycles. The summed E-state index contributed by atoms with van der Waals surface area (Å²) in [5, 5.41) is 4.71. The highest BCUT2D eigenvalue weighted by Gasteiger charge is 2.19. The number of rotatable bonds is 2. The summed E-state index contributed by atoms with van der Waals surface area (Å²) in [6.45, 7) is 2.11. The molecule has 0 amide bonds. The van der Waals surface area contributed by atoms with Gasteiger partial charge in [-0.15, -0.1) is 0 Å². The summed E-state index contributed by atoms with van der Waals surface area (Å²) < 4.78 is 1.99. The molecule has 0 bridgehead atoms. The van der Waals surface area contributed by atoms with E-state index in [9.17, 15) is 0 Å². The molecule has 0 spiro atoms. The van der Waals surface area contributed by atoms with Gasteiger partial charge >= 0.3 is 0 Å². The van der Waals surface area contributed by atoms with Gasteiger partial charge in [-0.25, -0.2) is 4.68 Å². The SMILES string of the molecule is Cc1ccc(-n2ccc(C3CCCC3)n2)cc1. The molecule has 2 heteroatoms. The Morgan fingerprint density at radius 2 is 1.76 bits per heavy atom. The van der Waals surface area contributed by atoms with Crippen LogP contribution in [0.15, 0.2) is 36.5 Å². The van der Waals surface area contributed by atoms with Gasteiger partial charge in [0.1, 0.15) is 0 Å². The zero-order valence-corrected chi connectivity index (χ0v) is 10.3. The zero-order chi connectivity index (χ0) is 11.7. The average Bonchev–Trinajstić information content (AvgIpc) is 3.00. The molecule has 2 aromatic rings. The van der Waals surface area contributed by atoms with Crippen LogP contribution in [0.3, 0.4) is 0 Å². The summed E-state index contributed by atoms with van der Waals surface area (Å²) >= 11 is 0. The Balaban J connectivity index is 1.86. The zero-order valence-electron chi connectivity index (χ0n) is 10.3. The number of aromatic nitrogens is 2. The molecule has 1 fully saturated rings. The summed E-state index contributed by atoms with van der Waals surface area (Å²) in [5.74, 6) is 0.696. The minimum Gasteiger partial charge on any atom is -0.241 e. The average molecular weight is 226 g/mol. The maximum absolute atomic E-state index is 4.71. The molecule has 88 valence electrons. The van der Waals surface area contributed by atoms with Crippen molar-refractivity contribution >= 4 is 0 Å². The van der Waals surface area contributed by atoms with Crippen molar-refractivity contribution in [3.8, 4) is 5.69 Å². The van der Waals surface area contributed by atoms with Gasteiger partial charge in [-0.05, 0) is 38.0 Å². The van der Waals surface area contributed by atoms with Gasteiger partial charge in [0.05, 0.1) is 11.4 Å². The second-order valence-corrected chi connectivity index (χ2v) is 5.00. The fourth-order valence-electron chi connectivity index (χ4n) is 2.62. The van der Waals surface area contributed by atoms with Crippen LogP contribution in [0.2, 0.25) is 0 Å². The molecular weight excluding hydrogens is 208 g/mol. The lowest BCUT2D eigenvalue weighted by atomic mass is 10.1. The van der Waals surface area contributed by atoms with Gasteiger partial charge < -0.3 is 0 Å². The van der Waals surface area contributed by atoms with Gasteiger partial charge in [0, 0.05) is 12.1 Å². The smallest absolute Gasteiger partial charge is 0.0659 e. The lowest BCUT2D eigenvalue weighted by molar-refractivity contribution is 0.678. The Bertz CT molecular complexity index is 490. The largest absolute Gasteiger partial charge is 0.241 e. The molecule has 1 aliphatic rings. The van der Waals surface area contributed by atoms with Crippen LogP contribution in [0.5, 0.6) is 0 Å². The van der Waals surface area contributed by atoms with Crippen molar-refractivity contribution in [2.24, 2.45) is 0 Å². The van der Waals surface area contributed by atoms with Crippen LogP contribution < -0.4 is 0 Å². The Kier molecular flexibility index (Phi) is 2.71. The van der Waals surface area contributed by atoms with Gasteiger partial charge in [0.25, 0.3) is 0 Å². The second kappa shape index (κ2) is 4.36. The molecule has 3 rings (SSSR count). The molecule has 0 aliphatic heterocycles. The van der Waals surface area contributed by atoms with Crippen LogP contribution >= 0.6 is 0 Å². The van der Waals surface area contributed by atoms with Crippen LogP contribution in [0.4, 0.5) is 0 Å². The topological polar surface area (TPSA) is 17.8 Å². The van der Waals surface area contributed by atoms with Gasteiger partial charge in [-0.2, -0.15) is 5.10 Å². The molecule has 0 atom stereocenters. The van der Waals surface area contributed by atoms with Crippen molar-refractivity contribution in [2.75, 3.05) is 0 Å². The summed E-state index contributed by atoms with van der Waals surface area (Å²) in [6, 6.07) is 10.7. The molecule has 1 aliphatic carbocycles. The maximum Gasteiger partial charge on any atom is 0.0659 e. The third-order valence-corrected chi connectivity index (χ3v) is 3.68. The van der Waals surface area contributed by atoms with Crippen molar-refractivity contribution < 1.29 is 0 Å². The first-order valence-corrected chi connectivity index (χ1v) is 6.45. The Hall–Kier alpha value is -1.57. The van der Waals surface area contributed by atoms with Crippen molar-refractivity contribution in [3.63, 3.8) is 0 Å². The quantitative estimate of drug-likeness (QED) is 0.760. The molecule has 17 heavy (non-hydrogen) atoms. The van der Waals surface area contributed by atoms with Crippen LogP contribution in [0, 0.1) is 6.92 Å². The number of hydrogen-bond acceptors (Lipinski definition) is 1. The van der Waals surface area contributed by atoms with Crippen molar-refractivity contribution in [2.45, 2.75) is 38.5 Å². The Labute approximate surface area is 102 Å². The molecule has 2 nitrogen and oxygen atoms in total. The number of nitrogens with zero attached hydrogens (tertiary/aromatic N) is 2. The van der Waals surface area contributed by atoms with Crippen molar-refractivity contribution in [1.29, 1.82) is 0 Å². The van der Waals surface area contributed by atoms with Gasteiger partial charge in [-0.1, -0.05) is 30.5 Å². The van der Waals surface area contributed by atoms with Crippen molar-refractivity contribution in [1.82, 2.24) is 9.78 Å². The molecule has 0 unspecified atom stereocenters. The van der Waals surface area contributed by atoms with Crippen LogP contribution in [0.25, 0.3) is 5.69 Å². The van der Waals surface area contributed by atoms with E-state index in [0.29, 0.717) is 5.92 Å². The van der Waals surface area contributed by atoms with E-state index in [1.165, 1.54) is 36.9 Å². The molecule has 1 heterocycles. The van der Waals surface area contributed by atoms with E-state index in [1.54, 1.807) is 0 Å². The lowest BCUT2D eigenvalue weighted by Gasteiger charge is -2.05. The summed E-state index contributed by atoms with van der Waals surface area (Å²) in [4.78, 5) is 0. The van der Waals surface area contributed by atoms with Crippen LogP contribution in [-0.2, 0) is 0 Å². The highest BCUT2D eigenvalue weighted by molar-refractivity contribution is 5.33. The minimum atomic E-state index is 0.696. The molecule has 0 N–H and O–H groups in total. The van der Waals surface area contributed by atoms with E-state index in [-0.39, 0.29) is 0 Å². The maximum atomic E-state index is 4.71. The van der Waals surface area contributed by atoms with Crippen LogP contribution in [-0.4, -0.2) is 9.78 Å². The molecular formula is C15H18N2. The van der Waals surface area contributed by atoms with E-state index in [4.69, 9.17) is 5.10 Å². The fourth-order valence-corrected chi connectivity index (χ4v) is 2.62. The third kappa shape index (κ3) is 2.12. The van der Waals surface area contributed by atoms with Gasteiger partial charge in [0.15, 0.2) is 0 Å². The Morgan fingerprint density at radius 3 is 2.47 bits per heavy atom. The predicted octanol–water partition coefficient (Wildman–Crippen LogP) is 3.84. The first-order valence-electron chi connectivity index (χ1n) is 6.45. The minimum absolute atomic E-state index is 0.696. The summed E-state index contributed by atoms with van der Waals surface area (Å²) in [6.07, 6.45) is 7.43. The normalized spacial score (nSPS) is 16.5. The fraction of sp³-hybridized carbons (Fsp3) is 0.400. The number of aryl methyl sites for hydroxylation is 1. The second-order valence-electron chi connectivity index (χ2n) is 5.00. The third-order valence-electron chi connectivity index (χ3n) is 3.68. The molecule has 1 aromatic heterocycles. The molecule has 0 radical (unpaired) electrons. The lowest BCUT2D eigenvalue weighted by Crippen LogP contribution is -1.98.